The fourth-order valence-corrected chi connectivity index (χ4v) is 9.28. The molecular weight excluding hydrogens is 1060 g/mol. The summed E-state index contributed by atoms with van der Waals surface area (Å²) in [5.41, 5.74) is 3.23. The van der Waals surface area contributed by atoms with Crippen LogP contribution >= 0.6 is 34.0 Å². The van der Waals surface area contributed by atoms with Gasteiger partial charge in [-0.3, -0.25) is 43.2 Å². The Balaban J connectivity index is 1.20. The van der Waals surface area contributed by atoms with E-state index in [-0.39, 0.29) is 86.0 Å². The van der Waals surface area contributed by atoms with E-state index < -0.39 is 94.3 Å². The summed E-state index contributed by atoms with van der Waals surface area (Å²) in [5, 5.41) is 25.5. The van der Waals surface area contributed by atoms with Crippen molar-refractivity contribution in [2.75, 3.05) is 0 Å². The van der Waals surface area contributed by atoms with E-state index in [4.69, 9.17) is 14.6 Å². The monoisotopic (exact) mass is 1110 g/mol. The van der Waals surface area contributed by atoms with E-state index in [0.29, 0.717) is 10.0 Å². The van der Waals surface area contributed by atoms with E-state index >= 15 is 0 Å². The van der Waals surface area contributed by atoms with Crippen LogP contribution in [0.4, 0.5) is 0 Å². The minimum absolute atomic E-state index is 0.00141. The lowest BCUT2D eigenvalue weighted by atomic mass is 10.0. The summed E-state index contributed by atoms with van der Waals surface area (Å²) in [6.45, 7) is 23.9. The van der Waals surface area contributed by atoms with Gasteiger partial charge < -0.3 is 57.1 Å². The first kappa shape index (κ1) is 55.4. The lowest BCUT2D eigenvalue weighted by Crippen LogP contribution is -2.49. The highest BCUT2D eigenvalue weighted by Crippen LogP contribution is 2.35. The molecule has 0 aromatic carbocycles. The normalized spacial score (nSPS) is 17.0. The number of aryl methyl sites for hydroxylation is 2. The van der Waals surface area contributed by atoms with Gasteiger partial charge in [0, 0.05) is 21.7 Å². The molecule has 0 spiro atoms. The number of nitrogens with two attached hydrogens (primary N) is 1. The number of fused-ring (bicyclic) bond motifs is 13. The SMILES string of the molecule is C=C(NC(=O)C(=C)NC(=O)c1ccc2c(n1)-c1nc(oc1C)C(=C)NC(=O)C(=C)NC(=O)c1csc(n1)[C@H](C)NC(=O)c1csc(n1)[C@H](C)NC(=O)c1nc(oc1C)CNC(=O)[C@@H](C(C)C)NC(=O)c1csc-2n1)C(N)=O. The van der Waals surface area contributed by atoms with Crippen LogP contribution in [0.25, 0.3) is 27.7 Å². The van der Waals surface area contributed by atoms with Crippen molar-refractivity contribution in [3.63, 3.8) is 0 Å². The topological polar surface area (TPSA) is 380 Å². The molecule has 10 bridgehead atoms. The van der Waals surface area contributed by atoms with Gasteiger partial charge in [0.1, 0.15) is 66.7 Å². The van der Waals surface area contributed by atoms with Crippen molar-refractivity contribution in [1.29, 1.82) is 0 Å². The summed E-state index contributed by atoms with van der Waals surface area (Å²) in [6, 6.07) is 0.234. The predicted octanol–water partition coefficient (Wildman–Crippen LogP) is 3.13. The lowest BCUT2D eigenvalue weighted by molar-refractivity contribution is -0.124. The van der Waals surface area contributed by atoms with Gasteiger partial charge in [0.05, 0.1) is 41.4 Å². The van der Waals surface area contributed by atoms with Crippen molar-refractivity contribution >= 4 is 92.9 Å². The van der Waals surface area contributed by atoms with Crippen LogP contribution in [0.5, 0.6) is 0 Å². The molecule has 29 heteroatoms. The van der Waals surface area contributed by atoms with Crippen LogP contribution in [0.1, 0.15) is 126 Å². The van der Waals surface area contributed by atoms with Crippen LogP contribution in [0.15, 0.2) is 80.5 Å². The van der Waals surface area contributed by atoms with E-state index in [1.165, 1.54) is 42.1 Å². The molecule has 6 aromatic heterocycles. The number of thiazole rings is 3. The smallest absolute Gasteiger partial charge is 0.275 e. The standard InChI is InChI=1S/C48H47N15O11S3/c1-17(2)32-43(71)50-13-31-61-34(25(10)73-31)44(72)56-23(8)47-59-29(15-76-47)41(69)55-22(7)46-58-28(14-75-46)40(68)53-20(5)38(66)54-21(6)45-63-33(24(9)74-45)35-26(48-60-30(16-77-48)42(70)62-32)11-12-27(57-35)39(67)52-19(4)37(65)51-18(3)36(49)64/h11-12,14-17,22-23,32H,3-6,13H2,1-2,7-10H3,(H2,49,64)(H,50,71)(H,51,65)(H,52,67)(H,53,68)(H,54,66)(H,55,69)(H,56,72)(H,62,70)/t22-,23-,32+/m0/s1. The summed E-state index contributed by atoms with van der Waals surface area (Å²) in [6.07, 6.45) is 0. The zero-order valence-electron chi connectivity index (χ0n) is 41.7. The molecule has 7 heterocycles. The Kier molecular flexibility index (Phi) is 16.6. The third-order valence-corrected chi connectivity index (χ3v) is 13.9. The number of aromatic nitrogens is 6. The Morgan fingerprint density at radius 1 is 0.675 bits per heavy atom. The van der Waals surface area contributed by atoms with Crippen molar-refractivity contribution in [2.45, 2.75) is 66.2 Å². The molecular formula is C48H47N15O11S3. The molecule has 10 N–H and O–H groups in total. The van der Waals surface area contributed by atoms with Gasteiger partial charge in [0.25, 0.3) is 47.3 Å². The molecule has 1 aliphatic rings. The van der Waals surface area contributed by atoms with E-state index in [2.05, 4.69) is 98.8 Å². The number of rotatable bonds is 6. The number of nitrogens with zero attached hydrogens (tertiary/aromatic N) is 6. The van der Waals surface area contributed by atoms with Gasteiger partial charge in [-0.1, -0.05) is 40.2 Å². The molecule has 7 rings (SSSR count). The second-order valence-electron chi connectivity index (χ2n) is 17.1. The summed E-state index contributed by atoms with van der Waals surface area (Å²) in [4.78, 5) is 145. The molecule has 1 aliphatic heterocycles. The van der Waals surface area contributed by atoms with Gasteiger partial charge in [-0.2, -0.15) is 0 Å². The molecule has 0 saturated heterocycles. The molecule has 0 saturated carbocycles. The Hall–Kier alpha value is -9.35. The first-order valence-corrected chi connectivity index (χ1v) is 25.4. The van der Waals surface area contributed by atoms with Crippen LogP contribution in [0.3, 0.4) is 0 Å². The highest BCUT2D eigenvalue weighted by atomic mass is 32.1. The third-order valence-electron chi connectivity index (χ3n) is 10.9. The minimum Gasteiger partial charge on any atom is -0.443 e. The van der Waals surface area contributed by atoms with Crippen molar-refractivity contribution < 1.29 is 52.0 Å². The summed E-state index contributed by atoms with van der Waals surface area (Å²) < 4.78 is 11.6. The Morgan fingerprint density at radius 2 is 1.26 bits per heavy atom. The number of primary amides is 1. The second-order valence-corrected chi connectivity index (χ2v) is 19.7. The van der Waals surface area contributed by atoms with Crippen LogP contribution < -0.4 is 48.3 Å². The van der Waals surface area contributed by atoms with E-state index in [9.17, 15) is 43.2 Å². The first-order valence-electron chi connectivity index (χ1n) is 22.7. The van der Waals surface area contributed by atoms with Gasteiger partial charge in [-0.15, -0.1) is 34.0 Å². The number of oxazole rings is 2. The molecule has 0 radical (unpaired) electrons. The van der Waals surface area contributed by atoms with Crippen molar-refractivity contribution in [3.8, 4) is 22.0 Å². The summed E-state index contributed by atoms with van der Waals surface area (Å²) in [5.74, 6) is -7.66. The number of carbonyl (C=O) groups excluding carboxylic acids is 9. The maximum absolute atomic E-state index is 13.8. The third kappa shape index (κ3) is 12.8. The van der Waals surface area contributed by atoms with Crippen LogP contribution in [0.2, 0.25) is 0 Å². The highest BCUT2D eigenvalue weighted by molar-refractivity contribution is 7.13. The molecule has 6 aromatic rings. The van der Waals surface area contributed by atoms with E-state index in [1.807, 2.05) is 0 Å². The van der Waals surface area contributed by atoms with Crippen LogP contribution in [-0.4, -0.2) is 89.1 Å². The fraction of sp³-hybridized carbons (Fsp3) is 0.229. The van der Waals surface area contributed by atoms with Crippen molar-refractivity contribution in [3.05, 3.63) is 133 Å². The van der Waals surface area contributed by atoms with Crippen molar-refractivity contribution in [2.24, 2.45) is 11.7 Å². The molecule has 0 aliphatic carbocycles. The fourth-order valence-electron chi connectivity index (χ4n) is 6.84. The first-order chi connectivity index (χ1) is 36.4. The zero-order valence-corrected chi connectivity index (χ0v) is 44.2. The van der Waals surface area contributed by atoms with Gasteiger partial charge >= 0.3 is 0 Å². The lowest BCUT2D eigenvalue weighted by Gasteiger charge is -2.20. The molecule has 77 heavy (non-hydrogen) atoms. The van der Waals surface area contributed by atoms with Gasteiger partial charge in [-0.25, -0.2) is 29.9 Å². The second kappa shape index (κ2) is 23.0. The number of nitrogens with one attached hydrogen (secondary N) is 8. The number of hydrogen-bond acceptors (Lipinski definition) is 20. The molecule has 9 amide bonds. The quantitative estimate of drug-likeness (QED) is 0.108. The average molecular weight is 1110 g/mol. The molecule has 26 nitrogen and oxygen atoms in total. The number of carbonyl (C=O) groups is 9. The van der Waals surface area contributed by atoms with Gasteiger partial charge in [0.2, 0.25) is 17.7 Å². The maximum atomic E-state index is 13.8. The Morgan fingerprint density at radius 3 is 1.91 bits per heavy atom. The zero-order chi connectivity index (χ0) is 56.2. The van der Waals surface area contributed by atoms with Crippen molar-refractivity contribution in [1.82, 2.24) is 72.4 Å². The predicted molar refractivity (Wildman–Crippen MR) is 278 cm³/mol. The average Bonchev–Trinajstić information content (AvgIpc) is 4.25. The summed E-state index contributed by atoms with van der Waals surface area (Å²) in [7, 11) is 0. The van der Waals surface area contributed by atoms with Crippen LogP contribution in [0, 0.1) is 19.8 Å². The molecule has 398 valence electrons. The summed E-state index contributed by atoms with van der Waals surface area (Å²) >= 11 is 3.20. The highest BCUT2D eigenvalue weighted by Gasteiger charge is 2.30. The van der Waals surface area contributed by atoms with E-state index in [1.54, 1.807) is 27.7 Å². The van der Waals surface area contributed by atoms with E-state index in [0.717, 1.165) is 34.0 Å². The molecule has 0 fully saturated rings. The molecule has 0 unspecified atom stereocenters. The largest absolute Gasteiger partial charge is 0.443 e. The number of hydrogen-bond donors (Lipinski definition) is 9. The van der Waals surface area contributed by atoms with Crippen LogP contribution in [-0.2, 0) is 25.7 Å². The maximum Gasteiger partial charge on any atom is 0.275 e. The molecule has 3 atom stereocenters. The number of amides is 9. The number of pyridine rings is 1. The minimum atomic E-state index is -1.10. The van der Waals surface area contributed by atoms with Gasteiger partial charge in [0.15, 0.2) is 5.69 Å². The Bertz CT molecular complexity index is 3490. The van der Waals surface area contributed by atoms with Gasteiger partial charge in [-0.05, 0) is 45.7 Å². The Labute approximate surface area is 448 Å².